The van der Waals surface area contributed by atoms with Crippen LogP contribution in [0.15, 0.2) is 6.33 Å². The van der Waals surface area contributed by atoms with Gasteiger partial charge in [-0.1, -0.05) is 0 Å². The summed E-state index contributed by atoms with van der Waals surface area (Å²) in [7, 11) is 0. The van der Waals surface area contributed by atoms with Crippen molar-refractivity contribution in [3.05, 3.63) is 6.33 Å². The molecule has 5 nitrogen and oxygen atoms in total. The smallest absolute Gasteiger partial charge is 0.163 e. The number of nitrogens with zero attached hydrogens (tertiary/aromatic N) is 4. The summed E-state index contributed by atoms with van der Waals surface area (Å²) in [6.07, 6.45) is 1.19. The Morgan fingerprint density at radius 3 is 2.67 bits per heavy atom. The minimum Gasteiger partial charge on any atom is -0.202 e. The Kier molecular flexibility index (Phi) is 0.474. The molecule has 0 amide bonds. The molecule has 0 aliphatic heterocycles. The largest absolute Gasteiger partial charge is 0.202 e. The normalized spacial score (nSPS) is 8.67. The predicted molar refractivity (Wildman–Crippen MR) is 16.3 cm³/mol. The highest BCUT2D eigenvalue weighted by molar-refractivity contribution is 4.33. The van der Waals surface area contributed by atoms with Gasteiger partial charge in [0.15, 0.2) is 6.33 Å². The van der Waals surface area contributed by atoms with Gasteiger partial charge in [0, 0.05) is 0 Å². The lowest BCUT2D eigenvalue weighted by Gasteiger charge is -1.69. The maximum atomic E-state index is 6.56. The van der Waals surface area contributed by atoms with Crippen molar-refractivity contribution in [2.75, 3.05) is 0 Å². The van der Waals surface area contributed by atoms with Crippen LogP contribution in [-0.4, -0.2) is 20.3 Å². The highest BCUT2D eigenvalue weighted by Gasteiger charge is 1.74. The monoisotopic (exact) mass is 84.0 g/mol. The molecule has 0 saturated heterocycles. The predicted octanol–water partition coefficient (Wildman–Crippen LogP) is -1.28. The Hall–Kier alpha value is -1.13. The van der Waals surface area contributed by atoms with Crippen LogP contribution in [0.1, 0.15) is 0 Å². The first kappa shape index (κ1) is 3.08. The average molecular weight is 84.1 g/mol. The maximum absolute atomic E-state index is 6.56. The third kappa shape index (κ3) is 0.291. The van der Waals surface area contributed by atoms with E-state index in [0.29, 0.717) is 0 Å². The Bertz CT molecular complexity index is 107. The molecule has 5 heteroatoms. The molecule has 0 aromatic carbocycles. The molecule has 1 rings (SSSR count). The molecule has 0 aliphatic carbocycles. The van der Waals surface area contributed by atoms with Crippen LogP contribution >= 0.6 is 0 Å². The first-order valence-electron chi connectivity index (χ1n) is 1.34. The average Bonchev–Trinajstić information content (AvgIpc) is 1.86. The van der Waals surface area contributed by atoms with Crippen LogP contribution in [0.5, 0.6) is 0 Å². The lowest BCUT2D eigenvalue weighted by Crippen LogP contribution is -1.91. The number of rotatable bonds is 0. The second kappa shape index (κ2) is 0.925. The molecule has 0 saturated carbocycles. The second-order valence-corrected chi connectivity index (χ2v) is 0.754. The Morgan fingerprint density at radius 2 is 2.50 bits per heavy atom. The van der Waals surface area contributed by atoms with Crippen LogP contribution < -0.4 is 5.84 Å². The van der Waals surface area contributed by atoms with Crippen molar-refractivity contribution in [1.82, 2.24) is 26.2 Å². The van der Waals surface area contributed by atoms with Crippen molar-refractivity contribution in [2.24, 2.45) is 0 Å². The molecule has 0 atom stereocenters. The molecule has 0 bridgehead atoms. The van der Waals surface area contributed by atoms with Crippen molar-refractivity contribution < 1.29 is 0 Å². The van der Waals surface area contributed by atoms with Crippen molar-refractivity contribution >= 4 is 0 Å². The van der Waals surface area contributed by atoms with Gasteiger partial charge in [0.1, 0.15) is 0 Å². The van der Waals surface area contributed by atoms with Crippen LogP contribution in [0.2, 0.25) is 0 Å². The van der Waals surface area contributed by atoms with E-state index in [1.165, 1.54) is 6.33 Å². The molecule has 6 heavy (non-hydrogen) atoms. The summed E-state index contributed by atoms with van der Waals surface area (Å²) in [5.74, 6) is 6.56. The van der Waals surface area contributed by atoms with Crippen molar-refractivity contribution in [3.63, 3.8) is 0 Å². The topological polar surface area (TPSA) is 67.4 Å². The van der Waals surface area contributed by atoms with Gasteiger partial charge in [-0.25, -0.2) is 5.84 Å². The Morgan fingerprint density at radius 1 is 1.67 bits per heavy atom. The minimum atomic E-state index is 0.778. The molecule has 1 radical (unpaired) electrons. The van der Waals surface area contributed by atoms with Crippen LogP contribution in [0, 0.1) is 0 Å². The zero-order valence-corrected chi connectivity index (χ0v) is 2.87. The lowest BCUT2D eigenvalue weighted by molar-refractivity contribution is 0.664. The van der Waals surface area contributed by atoms with Gasteiger partial charge >= 0.3 is 0 Å². The van der Waals surface area contributed by atoms with Crippen LogP contribution in [0.3, 0.4) is 0 Å². The quantitative estimate of drug-likeness (QED) is 0.393. The summed E-state index contributed by atoms with van der Waals surface area (Å²) in [4.78, 5) is 0.778. The summed E-state index contributed by atoms with van der Waals surface area (Å²) in [5.41, 5.74) is 0. The standard InChI is InChI=1S/CH2N5/c2-6-1-3-4-5-6/h1-2H. The van der Waals surface area contributed by atoms with Gasteiger partial charge in [0.25, 0.3) is 0 Å². The van der Waals surface area contributed by atoms with Crippen molar-refractivity contribution in [3.8, 4) is 0 Å². The molecule has 0 fully saturated rings. The van der Waals surface area contributed by atoms with E-state index >= 15 is 0 Å². The first-order valence-corrected chi connectivity index (χ1v) is 1.34. The molecule has 0 unspecified atom stereocenters. The first-order chi connectivity index (χ1) is 2.89. The van der Waals surface area contributed by atoms with Crippen LogP contribution in [0.4, 0.5) is 0 Å². The van der Waals surface area contributed by atoms with E-state index in [2.05, 4.69) is 15.5 Å². The lowest BCUT2D eigenvalue weighted by atomic mass is 11.4. The minimum absolute atomic E-state index is 0.778. The van der Waals surface area contributed by atoms with Crippen LogP contribution in [-0.2, 0) is 0 Å². The van der Waals surface area contributed by atoms with Gasteiger partial charge in [0.2, 0.25) is 0 Å². The summed E-state index contributed by atoms with van der Waals surface area (Å²) in [6, 6.07) is 0. The third-order valence-electron chi connectivity index (χ3n) is 0.349. The van der Waals surface area contributed by atoms with Crippen molar-refractivity contribution in [1.29, 1.82) is 0 Å². The van der Waals surface area contributed by atoms with Gasteiger partial charge in [0.05, 0.1) is 0 Å². The number of hydrogen-bond donors (Lipinski definition) is 0. The molecule has 0 spiro atoms. The molecular weight excluding hydrogens is 82.0 g/mol. The number of hydrogen-bond acceptors (Lipinski definition) is 3. The van der Waals surface area contributed by atoms with E-state index in [4.69, 9.17) is 5.84 Å². The fourth-order valence-electron chi connectivity index (χ4n) is 0.161. The molecular formula is CH2N5. The molecule has 31 valence electrons. The van der Waals surface area contributed by atoms with Gasteiger partial charge in [-0.3, -0.25) is 0 Å². The molecule has 1 N–H and O–H groups in total. The van der Waals surface area contributed by atoms with E-state index in [0.717, 1.165) is 4.79 Å². The van der Waals surface area contributed by atoms with Crippen LogP contribution in [0.25, 0.3) is 0 Å². The number of tetrazole rings is 1. The van der Waals surface area contributed by atoms with E-state index in [9.17, 15) is 0 Å². The highest BCUT2D eigenvalue weighted by atomic mass is 15.6. The highest BCUT2D eigenvalue weighted by Crippen LogP contribution is 1.55. The SMILES string of the molecule is [NH]n1cnnn1. The fourth-order valence-corrected chi connectivity index (χ4v) is 0.161. The van der Waals surface area contributed by atoms with E-state index in [-0.39, 0.29) is 0 Å². The summed E-state index contributed by atoms with van der Waals surface area (Å²) >= 11 is 0. The third-order valence-corrected chi connectivity index (χ3v) is 0.349. The van der Waals surface area contributed by atoms with Crippen molar-refractivity contribution in [2.45, 2.75) is 0 Å². The second-order valence-electron chi connectivity index (χ2n) is 0.754. The molecule has 0 aliphatic rings. The maximum Gasteiger partial charge on any atom is 0.163 e. The van der Waals surface area contributed by atoms with E-state index in [1.54, 1.807) is 0 Å². The summed E-state index contributed by atoms with van der Waals surface area (Å²) < 4.78 is 0. The fraction of sp³-hybridized carbons (Fsp3) is 0. The molecule has 1 aromatic rings. The van der Waals surface area contributed by atoms with Gasteiger partial charge < -0.3 is 0 Å². The molecule has 1 heterocycles. The van der Waals surface area contributed by atoms with Gasteiger partial charge in [-0.2, -0.15) is 0 Å². The Balaban J connectivity index is 3.05. The zero-order valence-electron chi connectivity index (χ0n) is 2.87. The zero-order chi connectivity index (χ0) is 4.41. The number of aromatic nitrogens is 4. The number of nitrogens with one attached hydrogen (secondary N) is 1. The Labute approximate surface area is 33.7 Å². The molecule has 1 aromatic heterocycles. The summed E-state index contributed by atoms with van der Waals surface area (Å²) in [5, 5.41) is 9.47. The van der Waals surface area contributed by atoms with Gasteiger partial charge in [-0.05, 0) is 10.4 Å². The van der Waals surface area contributed by atoms with Gasteiger partial charge in [-0.15, -0.1) is 9.89 Å². The van der Waals surface area contributed by atoms with E-state index < -0.39 is 0 Å². The van der Waals surface area contributed by atoms with E-state index in [1.807, 2.05) is 0 Å². The summed E-state index contributed by atoms with van der Waals surface area (Å²) in [6.45, 7) is 0.